The number of phenols is 1. The zero-order chi connectivity index (χ0) is 8.55. The van der Waals surface area contributed by atoms with E-state index in [1.807, 2.05) is 6.07 Å². The molecule has 0 saturated heterocycles. The van der Waals surface area contributed by atoms with Crippen LogP contribution in [-0.4, -0.2) is 18.7 Å². The predicted molar refractivity (Wildman–Crippen MR) is 49.7 cm³/mol. The van der Waals surface area contributed by atoms with E-state index in [9.17, 15) is 5.11 Å². The number of aromatic hydroxyl groups is 1. The minimum atomic E-state index is 0.444. The normalized spacial score (nSPS) is 15.9. The quantitative estimate of drug-likeness (QED) is 0.630. The number of hydrogen-bond donors (Lipinski definition) is 1. The van der Waals surface area contributed by atoms with Gasteiger partial charge in [0.25, 0.3) is 0 Å². The molecule has 0 radical (unpaired) electrons. The first-order chi connectivity index (χ1) is 5.79. The van der Waals surface area contributed by atoms with Crippen LogP contribution in [0, 0.1) is 0 Å². The van der Waals surface area contributed by atoms with Gasteiger partial charge in [-0.15, -0.1) is 0 Å². The Morgan fingerprint density at radius 1 is 1.42 bits per heavy atom. The molecule has 64 valence electrons. The Morgan fingerprint density at radius 3 is 3.00 bits per heavy atom. The molecule has 0 aliphatic carbocycles. The first-order valence-electron chi connectivity index (χ1n) is 4.31. The molecule has 0 aromatic heterocycles. The Kier molecular flexibility index (Phi) is 1.68. The summed E-state index contributed by atoms with van der Waals surface area (Å²) in [6, 6.07) is 5.72. The molecule has 2 heteroatoms. The van der Waals surface area contributed by atoms with Gasteiger partial charge in [0.15, 0.2) is 0 Å². The fourth-order valence-electron chi connectivity index (χ4n) is 1.79. The first-order valence-corrected chi connectivity index (χ1v) is 4.31. The third kappa shape index (κ3) is 1.04. The molecule has 0 bridgehead atoms. The average Bonchev–Trinajstić information content (AvgIpc) is 2.07. The summed E-state index contributed by atoms with van der Waals surface area (Å²) in [5.74, 6) is 0.444. The Bertz CT molecular complexity index is 296. The summed E-state index contributed by atoms with van der Waals surface area (Å²) >= 11 is 0. The van der Waals surface area contributed by atoms with Gasteiger partial charge in [0.05, 0.1) is 0 Å². The highest BCUT2D eigenvalue weighted by molar-refractivity contribution is 5.59. The summed E-state index contributed by atoms with van der Waals surface area (Å²) in [5.41, 5.74) is 2.28. The molecule has 1 N–H and O–H groups in total. The fraction of sp³-hybridized carbons (Fsp3) is 0.400. The molecular formula is C10H13NO. The second-order valence-corrected chi connectivity index (χ2v) is 3.30. The van der Waals surface area contributed by atoms with Crippen LogP contribution in [0.2, 0.25) is 0 Å². The van der Waals surface area contributed by atoms with Crippen LogP contribution < -0.4 is 4.90 Å². The van der Waals surface area contributed by atoms with Crippen LogP contribution in [0.25, 0.3) is 0 Å². The number of fused-ring (bicyclic) bond motifs is 1. The number of hydrogen-bond acceptors (Lipinski definition) is 2. The monoisotopic (exact) mass is 163 g/mol. The van der Waals surface area contributed by atoms with Crippen molar-refractivity contribution in [3.05, 3.63) is 23.8 Å². The molecule has 1 aliphatic heterocycles. The number of benzene rings is 1. The number of phenolic OH excluding ortho intramolecular Hbond substituents is 1. The molecule has 1 aliphatic rings. The molecule has 1 heterocycles. The second-order valence-electron chi connectivity index (χ2n) is 3.30. The summed E-state index contributed by atoms with van der Waals surface area (Å²) in [5, 5.41) is 9.55. The van der Waals surface area contributed by atoms with Crippen molar-refractivity contribution in [1.82, 2.24) is 0 Å². The van der Waals surface area contributed by atoms with Crippen molar-refractivity contribution in [3.63, 3.8) is 0 Å². The smallest absolute Gasteiger partial charge is 0.120 e. The summed E-state index contributed by atoms with van der Waals surface area (Å²) in [7, 11) is 2.07. The summed E-state index contributed by atoms with van der Waals surface area (Å²) in [6.45, 7) is 1.09. The van der Waals surface area contributed by atoms with E-state index in [0.717, 1.165) is 24.9 Å². The minimum absolute atomic E-state index is 0.444. The fourth-order valence-corrected chi connectivity index (χ4v) is 1.79. The standard InChI is InChI=1S/C10H13NO/c1-11-7-3-4-8-9(11)5-2-6-10(8)12/h2,5-6,12H,3-4,7H2,1H3. The average molecular weight is 163 g/mol. The summed E-state index contributed by atoms with van der Waals surface area (Å²) in [4.78, 5) is 2.19. The lowest BCUT2D eigenvalue weighted by atomic mass is 10.0. The third-order valence-corrected chi connectivity index (χ3v) is 2.46. The molecule has 1 aromatic carbocycles. The number of anilines is 1. The van der Waals surface area contributed by atoms with Gasteiger partial charge in [-0.25, -0.2) is 0 Å². The lowest BCUT2D eigenvalue weighted by molar-refractivity contribution is 0.465. The van der Waals surface area contributed by atoms with Crippen molar-refractivity contribution in [2.24, 2.45) is 0 Å². The van der Waals surface area contributed by atoms with Crippen LogP contribution in [0.1, 0.15) is 12.0 Å². The molecule has 12 heavy (non-hydrogen) atoms. The lowest BCUT2D eigenvalue weighted by Crippen LogP contribution is -2.24. The van der Waals surface area contributed by atoms with E-state index in [0.29, 0.717) is 5.75 Å². The van der Waals surface area contributed by atoms with E-state index in [4.69, 9.17) is 0 Å². The van der Waals surface area contributed by atoms with Crippen LogP contribution in [0.3, 0.4) is 0 Å². The maximum absolute atomic E-state index is 9.55. The van der Waals surface area contributed by atoms with E-state index in [1.54, 1.807) is 6.07 Å². The van der Waals surface area contributed by atoms with E-state index in [-0.39, 0.29) is 0 Å². The minimum Gasteiger partial charge on any atom is -0.508 e. The molecule has 0 spiro atoms. The Hall–Kier alpha value is -1.18. The Balaban J connectivity index is 2.52. The number of rotatable bonds is 0. The molecular weight excluding hydrogens is 150 g/mol. The van der Waals surface area contributed by atoms with Gasteiger partial charge < -0.3 is 10.0 Å². The molecule has 2 nitrogen and oxygen atoms in total. The van der Waals surface area contributed by atoms with Crippen molar-refractivity contribution < 1.29 is 5.11 Å². The van der Waals surface area contributed by atoms with Gasteiger partial charge in [-0.1, -0.05) is 6.07 Å². The van der Waals surface area contributed by atoms with Gasteiger partial charge in [0.2, 0.25) is 0 Å². The summed E-state index contributed by atoms with van der Waals surface area (Å²) in [6.07, 6.45) is 2.15. The van der Waals surface area contributed by atoms with Crippen molar-refractivity contribution in [2.45, 2.75) is 12.8 Å². The Labute approximate surface area is 72.4 Å². The van der Waals surface area contributed by atoms with E-state index in [1.165, 1.54) is 5.69 Å². The van der Waals surface area contributed by atoms with E-state index < -0.39 is 0 Å². The maximum Gasteiger partial charge on any atom is 0.120 e. The van der Waals surface area contributed by atoms with Crippen LogP contribution in [0.4, 0.5) is 5.69 Å². The largest absolute Gasteiger partial charge is 0.508 e. The van der Waals surface area contributed by atoms with Gasteiger partial charge in [-0.3, -0.25) is 0 Å². The zero-order valence-corrected chi connectivity index (χ0v) is 7.25. The lowest BCUT2D eigenvalue weighted by Gasteiger charge is -2.27. The highest BCUT2D eigenvalue weighted by Crippen LogP contribution is 2.32. The van der Waals surface area contributed by atoms with Gasteiger partial charge in [-0.2, -0.15) is 0 Å². The first kappa shape index (κ1) is 7.47. The van der Waals surface area contributed by atoms with Gasteiger partial charge in [-0.05, 0) is 25.0 Å². The highest BCUT2D eigenvalue weighted by atomic mass is 16.3. The van der Waals surface area contributed by atoms with Crippen LogP contribution in [0.5, 0.6) is 5.75 Å². The van der Waals surface area contributed by atoms with Gasteiger partial charge in [0.1, 0.15) is 5.75 Å². The molecule has 0 fully saturated rings. The van der Waals surface area contributed by atoms with E-state index in [2.05, 4.69) is 18.0 Å². The molecule has 0 atom stereocenters. The van der Waals surface area contributed by atoms with Crippen molar-refractivity contribution in [2.75, 3.05) is 18.5 Å². The third-order valence-electron chi connectivity index (χ3n) is 2.46. The second kappa shape index (κ2) is 2.70. The van der Waals surface area contributed by atoms with Crippen LogP contribution in [0.15, 0.2) is 18.2 Å². The van der Waals surface area contributed by atoms with Crippen molar-refractivity contribution >= 4 is 5.69 Å². The molecule has 0 unspecified atom stereocenters. The van der Waals surface area contributed by atoms with Crippen molar-refractivity contribution in [3.8, 4) is 5.75 Å². The van der Waals surface area contributed by atoms with Crippen LogP contribution in [-0.2, 0) is 6.42 Å². The van der Waals surface area contributed by atoms with Gasteiger partial charge in [0, 0.05) is 24.8 Å². The topological polar surface area (TPSA) is 23.5 Å². The Morgan fingerprint density at radius 2 is 2.25 bits per heavy atom. The van der Waals surface area contributed by atoms with E-state index >= 15 is 0 Å². The maximum atomic E-state index is 9.55. The summed E-state index contributed by atoms with van der Waals surface area (Å²) < 4.78 is 0. The molecule has 1 aromatic rings. The molecule has 0 amide bonds. The van der Waals surface area contributed by atoms with Crippen LogP contribution >= 0.6 is 0 Å². The van der Waals surface area contributed by atoms with Gasteiger partial charge >= 0.3 is 0 Å². The van der Waals surface area contributed by atoms with Crippen molar-refractivity contribution in [1.29, 1.82) is 0 Å². The zero-order valence-electron chi connectivity index (χ0n) is 7.25. The molecule has 0 saturated carbocycles. The highest BCUT2D eigenvalue weighted by Gasteiger charge is 2.15. The predicted octanol–water partition coefficient (Wildman–Crippen LogP) is 1.77. The SMILES string of the molecule is CN1CCCc2c(O)cccc21. The molecule has 2 rings (SSSR count). The number of nitrogens with zero attached hydrogens (tertiary/aromatic N) is 1.